The summed E-state index contributed by atoms with van der Waals surface area (Å²) in [6.45, 7) is 8.03. The van der Waals surface area contributed by atoms with Gasteiger partial charge in [0.2, 0.25) is 0 Å². The zero-order valence-corrected chi connectivity index (χ0v) is 15.2. The summed E-state index contributed by atoms with van der Waals surface area (Å²) < 4.78 is 0. The molecule has 0 radical (unpaired) electrons. The summed E-state index contributed by atoms with van der Waals surface area (Å²) in [5, 5.41) is 3.74. The van der Waals surface area contributed by atoms with Gasteiger partial charge in [-0.1, -0.05) is 30.3 Å². The van der Waals surface area contributed by atoms with Crippen LogP contribution in [-0.2, 0) is 6.42 Å². The zero-order chi connectivity index (χ0) is 17.1. The molecule has 2 aromatic carbocycles. The maximum absolute atomic E-state index is 3.74. The molecule has 4 rings (SSSR count). The number of nitrogens with zero attached hydrogens (tertiary/aromatic N) is 2. The highest BCUT2D eigenvalue weighted by Gasteiger charge is 2.21. The van der Waals surface area contributed by atoms with Gasteiger partial charge in [-0.25, -0.2) is 0 Å². The van der Waals surface area contributed by atoms with Crippen LogP contribution in [0.2, 0.25) is 0 Å². The van der Waals surface area contributed by atoms with E-state index in [4.69, 9.17) is 0 Å². The second kappa shape index (κ2) is 7.49. The van der Waals surface area contributed by atoms with Crippen molar-refractivity contribution in [1.82, 2.24) is 4.90 Å². The fourth-order valence-electron chi connectivity index (χ4n) is 4.11. The molecule has 2 aromatic rings. The van der Waals surface area contributed by atoms with Crippen molar-refractivity contribution in [2.45, 2.75) is 32.2 Å². The van der Waals surface area contributed by atoms with Crippen LogP contribution in [0.1, 0.15) is 24.0 Å². The van der Waals surface area contributed by atoms with Gasteiger partial charge < -0.3 is 10.2 Å². The Morgan fingerprint density at radius 3 is 2.68 bits per heavy atom. The van der Waals surface area contributed by atoms with E-state index >= 15 is 0 Å². The highest BCUT2D eigenvalue weighted by atomic mass is 15.3. The Kier molecular flexibility index (Phi) is 4.93. The number of para-hydroxylation sites is 1. The van der Waals surface area contributed by atoms with Gasteiger partial charge in [0, 0.05) is 50.1 Å². The van der Waals surface area contributed by atoms with Crippen LogP contribution in [0, 0.1) is 6.92 Å². The number of rotatable bonds is 4. The lowest BCUT2D eigenvalue weighted by Crippen LogP contribution is -2.47. The minimum atomic E-state index is 0.629. The van der Waals surface area contributed by atoms with Gasteiger partial charge in [0.1, 0.15) is 0 Å². The third kappa shape index (κ3) is 3.98. The van der Waals surface area contributed by atoms with Gasteiger partial charge in [-0.15, -0.1) is 0 Å². The van der Waals surface area contributed by atoms with Crippen LogP contribution in [0.3, 0.4) is 0 Å². The first-order valence-electron chi connectivity index (χ1n) is 9.66. The molecule has 25 heavy (non-hydrogen) atoms. The molecule has 1 unspecified atom stereocenters. The Morgan fingerprint density at radius 1 is 1.00 bits per heavy atom. The van der Waals surface area contributed by atoms with Crippen LogP contribution in [0.15, 0.2) is 48.5 Å². The first-order chi connectivity index (χ1) is 12.3. The number of fused-ring (bicyclic) bond motifs is 1. The van der Waals surface area contributed by atoms with Gasteiger partial charge in [0.25, 0.3) is 0 Å². The third-order valence-corrected chi connectivity index (χ3v) is 5.67. The number of anilines is 2. The minimum Gasteiger partial charge on any atom is -0.382 e. The second-order valence-electron chi connectivity index (χ2n) is 7.49. The Hall–Kier alpha value is -2.00. The van der Waals surface area contributed by atoms with Crippen molar-refractivity contribution in [3.05, 3.63) is 59.7 Å². The summed E-state index contributed by atoms with van der Waals surface area (Å²) >= 11 is 0. The molecule has 3 nitrogen and oxygen atoms in total. The standard InChI is InChI=1S/C22H29N3/c1-18-5-4-7-21(17-18)25-15-13-24(14-16-25)12-11-20-10-9-19-6-2-3-8-22(19)23-20/h2-8,17,20,23H,9-16H2,1H3. The van der Waals surface area contributed by atoms with E-state index in [2.05, 4.69) is 70.6 Å². The molecule has 2 aliphatic rings. The lowest BCUT2D eigenvalue weighted by atomic mass is 9.96. The van der Waals surface area contributed by atoms with Crippen LogP contribution < -0.4 is 10.2 Å². The van der Waals surface area contributed by atoms with Crippen LogP contribution in [0.5, 0.6) is 0 Å². The number of benzene rings is 2. The van der Waals surface area contributed by atoms with Crippen LogP contribution in [-0.4, -0.2) is 43.7 Å². The highest BCUT2D eigenvalue weighted by Crippen LogP contribution is 2.26. The van der Waals surface area contributed by atoms with E-state index in [1.807, 2.05) is 0 Å². The lowest BCUT2D eigenvalue weighted by molar-refractivity contribution is 0.248. The number of aryl methyl sites for hydroxylation is 2. The molecule has 132 valence electrons. The molecule has 1 fully saturated rings. The summed E-state index contributed by atoms with van der Waals surface area (Å²) in [5.41, 5.74) is 5.56. The maximum atomic E-state index is 3.74. The van der Waals surface area contributed by atoms with Crippen molar-refractivity contribution < 1.29 is 0 Å². The SMILES string of the molecule is Cc1cccc(N2CCN(CCC3CCc4ccccc4N3)CC2)c1. The molecule has 1 saturated heterocycles. The number of hydrogen-bond donors (Lipinski definition) is 1. The van der Waals surface area contributed by atoms with Crippen molar-refractivity contribution in [2.24, 2.45) is 0 Å². The van der Waals surface area contributed by atoms with Crippen molar-refractivity contribution in [2.75, 3.05) is 42.9 Å². The molecule has 0 aromatic heterocycles. The molecule has 0 aliphatic carbocycles. The minimum absolute atomic E-state index is 0.629. The predicted octanol–water partition coefficient (Wildman–Crippen LogP) is 3.93. The lowest BCUT2D eigenvalue weighted by Gasteiger charge is -2.37. The fourth-order valence-corrected chi connectivity index (χ4v) is 4.11. The van der Waals surface area contributed by atoms with Crippen LogP contribution in [0.4, 0.5) is 11.4 Å². The first-order valence-corrected chi connectivity index (χ1v) is 9.66. The van der Waals surface area contributed by atoms with Gasteiger partial charge in [-0.3, -0.25) is 4.90 Å². The van der Waals surface area contributed by atoms with Gasteiger partial charge >= 0.3 is 0 Å². The largest absolute Gasteiger partial charge is 0.382 e. The average molecular weight is 335 g/mol. The monoisotopic (exact) mass is 335 g/mol. The zero-order valence-electron chi connectivity index (χ0n) is 15.2. The Balaban J connectivity index is 1.24. The normalized spacial score (nSPS) is 20.8. The van der Waals surface area contributed by atoms with E-state index in [1.165, 1.54) is 61.4 Å². The second-order valence-corrected chi connectivity index (χ2v) is 7.49. The van der Waals surface area contributed by atoms with Gasteiger partial charge in [-0.2, -0.15) is 0 Å². The smallest absolute Gasteiger partial charge is 0.0374 e. The topological polar surface area (TPSA) is 18.5 Å². The third-order valence-electron chi connectivity index (χ3n) is 5.67. The van der Waals surface area contributed by atoms with E-state index < -0.39 is 0 Å². The van der Waals surface area contributed by atoms with Crippen LogP contribution in [0.25, 0.3) is 0 Å². The molecule has 2 aliphatic heterocycles. The Labute approximate surface area is 151 Å². The number of nitrogens with one attached hydrogen (secondary N) is 1. The summed E-state index contributed by atoms with van der Waals surface area (Å²) in [6, 6.07) is 18.3. The molecule has 0 spiro atoms. The molecular weight excluding hydrogens is 306 g/mol. The van der Waals surface area contributed by atoms with Gasteiger partial charge in [0.15, 0.2) is 0 Å². The van der Waals surface area contributed by atoms with Gasteiger partial charge in [0.05, 0.1) is 0 Å². The summed E-state index contributed by atoms with van der Waals surface area (Å²) in [5.74, 6) is 0. The molecule has 0 saturated carbocycles. The molecule has 0 amide bonds. The van der Waals surface area contributed by atoms with Crippen molar-refractivity contribution >= 4 is 11.4 Å². The maximum Gasteiger partial charge on any atom is 0.0374 e. The van der Waals surface area contributed by atoms with Crippen LogP contribution >= 0.6 is 0 Å². The molecular formula is C22H29N3. The van der Waals surface area contributed by atoms with Crippen molar-refractivity contribution in [3.8, 4) is 0 Å². The van der Waals surface area contributed by atoms with E-state index in [0.29, 0.717) is 6.04 Å². The Morgan fingerprint density at radius 2 is 1.84 bits per heavy atom. The summed E-state index contributed by atoms with van der Waals surface area (Å²) in [7, 11) is 0. The molecule has 2 heterocycles. The van der Waals surface area contributed by atoms with Crippen molar-refractivity contribution in [1.29, 1.82) is 0 Å². The summed E-state index contributed by atoms with van der Waals surface area (Å²) in [4.78, 5) is 5.16. The van der Waals surface area contributed by atoms with Crippen molar-refractivity contribution in [3.63, 3.8) is 0 Å². The van der Waals surface area contributed by atoms with E-state index in [0.717, 1.165) is 13.1 Å². The predicted molar refractivity (Wildman–Crippen MR) is 107 cm³/mol. The summed E-state index contributed by atoms with van der Waals surface area (Å²) in [6.07, 6.45) is 3.73. The highest BCUT2D eigenvalue weighted by molar-refractivity contribution is 5.53. The quantitative estimate of drug-likeness (QED) is 0.913. The Bertz CT molecular complexity index is 704. The van der Waals surface area contributed by atoms with E-state index in [1.54, 1.807) is 0 Å². The number of piperazine rings is 1. The van der Waals surface area contributed by atoms with E-state index in [-0.39, 0.29) is 0 Å². The average Bonchev–Trinajstić information content (AvgIpc) is 2.66. The fraction of sp³-hybridized carbons (Fsp3) is 0.455. The van der Waals surface area contributed by atoms with E-state index in [9.17, 15) is 0 Å². The molecule has 1 atom stereocenters. The molecule has 0 bridgehead atoms. The first kappa shape index (κ1) is 16.5. The molecule has 1 N–H and O–H groups in total. The number of hydrogen-bond acceptors (Lipinski definition) is 3. The molecule has 3 heteroatoms. The van der Waals surface area contributed by atoms with Gasteiger partial charge in [-0.05, 0) is 55.5 Å².